The Morgan fingerprint density at radius 1 is 1.44 bits per heavy atom. The van der Waals surface area contributed by atoms with Gasteiger partial charge in [0.15, 0.2) is 5.78 Å². The van der Waals surface area contributed by atoms with E-state index in [1.165, 1.54) is 19.3 Å². The first-order valence-electron chi connectivity index (χ1n) is 6.69. The van der Waals surface area contributed by atoms with Crippen molar-refractivity contribution in [3.8, 4) is 0 Å². The number of nitrogens with one attached hydrogen (secondary N) is 1. The second kappa shape index (κ2) is 3.95. The van der Waals surface area contributed by atoms with Gasteiger partial charge < -0.3 is 15.2 Å². The summed E-state index contributed by atoms with van der Waals surface area (Å²) in [6.07, 6.45) is 3.31. The number of ether oxygens (including phenoxy) is 1. The normalized spacial score (nSPS) is 41.9. The predicted octanol–water partition coefficient (Wildman–Crippen LogP) is 1.42. The molecule has 0 radical (unpaired) electrons. The molecule has 5 heteroatoms. The van der Waals surface area contributed by atoms with E-state index >= 15 is 0 Å². The number of ketones is 1. The molecule has 2 saturated carbocycles. The maximum Gasteiger partial charge on any atom is 0.405 e. The average Bonchev–Trinajstić information content (AvgIpc) is 3.14. The first kappa shape index (κ1) is 12.0. The smallest absolute Gasteiger partial charge is 0.405 e. The van der Waals surface area contributed by atoms with Crippen molar-refractivity contribution < 1.29 is 19.4 Å². The van der Waals surface area contributed by atoms with Crippen molar-refractivity contribution in [3.63, 3.8) is 0 Å². The van der Waals surface area contributed by atoms with Gasteiger partial charge in [0.1, 0.15) is 5.60 Å². The lowest BCUT2D eigenvalue weighted by Gasteiger charge is -2.18. The average molecular weight is 253 g/mol. The van der Waals surface area contributed by atoms with Crippen molar-refractivity contribution in [1.29, 1.82) is 0 Å². The van der Waals surface area contributed by atoms with Crippen LogP contribution in [0.3, 0.4) is 0 Å². The van der Waals surface area contributed by atoms with Crippen LogP contribution in [0.5, 0.6) is 0 Å². The first-order chi connectivity index (χ1) is 8.51. The van der Waals surface area contributed by atoms with Gasteiger partial charge in [0.2, 0.25) is 0 Å². The fourth-order valence-corrected chi connectivity index (χ4v) is 3.59. The highest BCUT2D eigenvalue weighted by atomic mass is 16.6. The fraction of sp³-hybridized carbons (Fsp3) is 0.846. The van der Waals surface area contributed by atoms with Crippen molar-refractivity contribution in [2.45, 2.75) is 44.2 Å². The molecule has 5 nitrogen and oxygen atoms in total. The summed E-state index contributed by atoms with van der Waals surface area (Å²) in [6, 6.07) is -0.592. The van der Waals surface area contributed by atoms with E-state index in [4.69, 9.17) is 9.84 Å². The predicted molar refractivity (Wildman–Crippen MR) is 63.3 cm³/mol. The molecule has 18 heavy (non-hydrogen) atoms. The number of rotatable bonds is 5. The summed E-state index contributed by atoms with van der Waals surface area (Å²) in [4.78, 5) is 23.0. The number of hydrogen-bond donors (Lipinski definition) is 2. The first-order valence-corrected chi connectivity index (χ1v) is 6.69. The summed E-state index contributed by atoms with van der Waals surface area (Å²) in [6.45, 7) is 2.15. The number of epoxide rings is 1. The van der Waals surface area contributed by atoms with E-state index in [0.717, 1.165) is 11.8 Å². The third kappa shape index (κ3) is 2.00. The molecule has 0 aromatic rings. The van der Waals surface area contributed by atoms with Gasteiger partial charge in [-0.25, -0.2) is 4.79 Å². The van der Waals surface area contributed by atoms with E-state index in [1.54, 1.807) is 6.92 Å². The van der Waals surface area contributed by atoms with E-state index in [1.807, 2.05) is 0 Å². The van der Waals surface area contributed by atoms with Crippen LogP contribution in [0.2, 0.25) is 0 Å². The van der Waals surface area contributed by atoms with Crippen LogP contribution in [0.25, 0.3) is 0 Å². The van der Waals surface area contributed by atoms with Crippen molar-refractivity contribution in [3.05, 3.63) is 0 Å². The largest absolute Gasteiger partial charge is 0.465 e. The number of fused-ring (bicyclic) bond motifs is 1. The Balaban J connectivity index is 1.62. The minimum atomic E-state index is -1.12. The van der Waals surface area contributed by atoms with Crippen LogP contribution < -0.4 is 5.32 Å². The standard InChI is InChI=1S/C13H19NO4/c1-13(6-18-13)11(15)10(14-12(16)17)5-9-7-3-2-4-8(7)9/h7-10,14H,2-6H2,1H3,(H,16,17)/t7-,8+,9?,10?,13?. The maximum absolute atomic E-state index is 12.2. The SMILES string of the molecule is CC1(C(=O)C(CC2[C@H]3CCC[C@@H]23)NC(=O)O)CO1. The number of hydrogen-bond acceptors (Lipinski definition) is 3. The Morgan fingerprint density at radius 2 is 2.06 bits per heavy atom. The second-order valence-corrected chi connectivity index (χ2v) is 6.04. The van der Waals surface area contributed by atoms with Crippen LogP contribution >= 0.6 is 0 Å². The van der Waals surface area contributed by atoms with Gasteiger partial charge in [0.05, 0.1) is 12.6 Å². The van der Waals surface area contributed by atoms with Crippen molar-refractivity contribution >= 4 is 11.9 Å². The van der Waals surface area contributed by atoms with Gasteiger partial charge >= 0.3 is 6.09 Å². The molecule has 5 atom stereocenters. The summed E-state index contributed by atoms with van der Waals surface area (Å²) in [5.74, 6) is 1.92. The number of carbonyl (C=O) groups is 2. The Hall–Kier alpha value is -1.10. The molecule has 1 saturated heterocycles. The topological polar surface area (TPSA) is 78.9 Å². The van der Waals surface area contributed by atoms with E-state index in [-0.39, 0.29) is 5.78 Å². The Kier molecular flexibility index (Phi) is 2.62. The van der Waals surface area contributed by atoms with Gasteiger partial charge in [-0.15, -0.1) is 0 Å². The van der Waals surface area contributed by atoms with Gasteiger partial charge in [-0.1, -0.05) is 6.42 Å². The van der Waals surface area contributed by atoms with Crippen LogP contribution in [0.15, 0.2) is 0 Å². The van der Waals surface area contributed by atoms with Gasteiger partial charge in [0.25, 0.3) is 0 Å². The van der Waals surface area contributed by atoms with Crippen molar-refractivity contribution in [2.75, 3.05) is 6.61 Å². The molecule has 3 unspecified atom stereocenters. The zero-order chi connectivity index (χ0) is 12.9. The molecule has 3 fully saturated rings. The van der Waals surface area contributed by atoms with E-state index in [2.05, 4.69) is 5.32 Å². The van der Waals surface area contributed by atoms with E-state index < -0.39 is 17.7 Å². The molecule has 100 valence electrons. The number of carbonyl (C=O) groups excluding carboxylic acids is 1. The monoisotopic (exact) mass is 253 g/mol. The third-order valence-corrected chi connectivity index (χ3v) is 4.80. The molecule has 3 rings (SSSR count). The van der Waals surface area contributed by atoms with Crippen molar-refractivity contribution in [1.82, 2.24) is 5.32 Å². The van der Waals surface area contributed by atoms with Gasteiger partial charge in [-0.3, -0.25) is 4.79 Å². The number of carboxylic acid groups (broad SMARTS) is 1. The Bertz CT molecular complexity index is 380. The zero-order valence-corrected chi connectivity index (χ0v) is 10.5. The Labute approximate surface area is 106 Å². The molecule has 0 spiro atoms. The lowest BCUT2D eigenvalue weighted by atomic mass is 9.94. The van der Waals surface area contributed by atoms with Gasteiger partial charge in [0, 0.05) is 0 Å². The summed E-state index contributed by atoms with van der Waals surface area (Å²) in [5, 5.41) is 11.2. The van der Waals surface area contributed by atoms with Gasteiger partial charge in [-0.05, 0) is 43.9 Å². The minimum absolute atomic E-state index is 0.102. The molecular weight excluding hydrogens is 234 g/mol. The highest BCUT2D eigenvalue weighted by Crippen LogP contribution is 2.59. The number of Topliss-reactive ketones (excluding diaryl/α,β-unsaturated/α-hetero) is 1. The quantitative estimate of drug-likeness (QED) is 0.726. The molecular formula is C13H19NO4. The molecule has 0 aromatic carbocycles. The molecule has 0 bridgehead atoms. The van der Waals surface area contributed by atoms with Crippen LogP contribution in [0.4, 0.5) is 4.79 Å². The summed E-state index contributed by atoms with van der Waals surface area (Å²) >= 11 is 0. The highest BCUT2D eigenvalue weighted by Gasteiger charge is 2.56. The molecule has 1 aliphatic heterocycles. The summed E-state index contributed by atoms with van der Waals surface area (Å²) < 4.78 is 5.13. The van der Waals surface area contributed by atoms with Crippen LogP contribution in [-0.4, -0.2) is 35.2 Å². The van der Waals surface area contributed by atoms with Crippen LogP contribution in [0.1, 0.15) is 32.6 Å². The minimum Gasteiger partial charge on any atom is -0.465 e. The second-order valence-electron chi connectivity index (χ2n) is 6.04. The zero-order valence-electron chi connectivity index (χ0n) is 10.5. The van der Waals surface area contributed by atoms with Crippen molar-refractivity contribution in [2.24, 2.45) is 17.8 Å². The fourth-order valence-electron chi connectivity index (χ4n) is 3.59. The summed E-state index contributed by atoms with van der Waals surface area (Å²) in [7, 11) is 0. The number of amides is 1. The molecule has 3 aliphatic rings. The Morgan fingerprint density at radius 3 is 2.56 bits per heavy atom. The lowest BCUT2D eigenvalue weighted by Crippen LogP contribution is -2.46. The van der Waals surface area contributed by atoms with Crippen LogP contribution in [-0.2, 0) is 9.53 Å². The third-order valence-electron chi connectivity index (χ3n) is 4.80. The van der Waals surface area contributed by atoms with E-state index in [0.29, 0.717) is 18.9 Å². The van der Waals surface area contributed by atoms with E-state index in [9.17, 15) is 9.59 Å². The lowest BCUT2D eigenvalue weighted by molar-refractivity contribution is -0.125. The molecule has 2 N–H and O–H groups in total. The molecule has 0 aromatic heterocycles. The highest BCUT2D eigenvalue weighted by molar-refractivity contribution is 5.95. The summed E-state index contributed by atoms with van der Waals surface area (Å²) in [5.41, 5.74) is -0.739. The maximum atomic E-state index is 12.2. The molecule has 1 amide bonds. The molecule has 2 aliphatic carbocycles. The van der Waals surface area contributed by atoms with Crippen LogP contribution in [0, 0.1) is 17.8 Å². The molecule has 1 heterocycles. The van der Waals surface area contributed by atoms with Gasteiger partial charge in [-0.2, -0.15) is 0 Å².